The number of hydrogen-bond acceptors (Lipinski definition) is 4. The van der Waals surface area contributed by atoms with Crippen LogP contribution in [0.2, 0.25) is 0 Å². The Kier molecular flexibility index (Phi) is 7.37. The van der Waals surface area contributed by atoms with Gasteiger partial charge in [-0.25, -0.2) is 4.98 Å². The lowest BCUT2D eigenvalue weighted by atomic mass is 10.0. The molecule has 1 rings (SSSR count). The SMILES string of the molecule is CCCNC(CCCOC)c1cccnc1OC. The number of nitrogens with zero attached hydrogens (tertiary/aromatic N) is 1. The number of hydrogen-bond donors (Lipinski definition) is 1. The van der Waals surface area contributed by atoms with E-state index in [0.717, 1.165) is 38.0 Å². The molecule has 0 saturated heterocycles. The lowest BCUT2D eigenvalue weighted by Crippen LogP contribution is -2.23. The number of ether oxygens (including phenoxy) is 2. The van der Waals surface area contributed by atoms with Gasteiger partial charge < -0.3 is 14.8 Å². The topological polar surface area (TPSA) is 43.4 Å². The van der Waals surface area contributed by atoms with E-state index in [4.69, 9.17) is 9.47 Å². The van der Waals surface area contributed by atoms with Crippen LogP contribution in [-0.4, -0.2) is 32.4 Å². The maximum Gasteiger partial charge on any atom is 0.217 e. The highest BCUT2D eigenvalue weighted by Gasteiger charge is 2.15. The Morgan fingerprint density at radius 3 is 2.89 bits per heavy atom. The average Bonchev–Trinajstić information content (AvgIpc) is 2.42. The van der Waals surface area contributed by atoms with E-state index in [1.165, 1.54) is 0 Å². The number of methoxy groups -OCH3 is 2. The van der Waals surface area contributed by atoms with Crippen LogP contribution in [0.25, 0.3) is 0 Å². The van der Waals surface area contributed by atoms with E-state index in [1.54, 1.807) is 20.4 Å². The summed E-state index contributed by atoms with van der Waals surface area (Å²) in [5, 5.41) is 3.54. The number of rotatable bonds is 9. The van der Waals surface area contributed by atoms with Gasteiger partial charge in [0.15, 0.2) is 0 Å². The molecule has 0 bridgehead atoms. The molecule has 0 radical (unpaired) electrons. The van der Waals surface area contributed by atoms with Crippen molar-refractivity contribution in [1.82, 2.24) is 10.3 Å². The van der Waals surface area contributed by atoms with E-state index in [9.17, 15) is 0 Å². The fraction of sp³-hybridized carbons (Fsp3) is 0.643. The van der Waals surface area contributed by atoms with E-state index >= 15 is 0 Å². The second-order valence-electron chi connectivity index (χ2n) is 4.24. The molecule has 4 heteroatoms. The molecule has 4 nitrogen and oxygen atoms in total. The Hall–Kier alpha value is -1.13. The monoisotopic (exact) mass is 252 g/mol. The van der Waals surface area contributed by atoms with Gasteiger partial charge in [0, 0.05) is 31.5 Å². The number of nitrogens with one attached hydrogen (secondary N) is 1. The van der Waals surface area contributed by atoms with Gasteiger partial charge in [-0.05, 0) is 31.9 Å². The van der Waals surface area contributed by atoms with Gasteiger partial charge >= 0.3 is 0 Å². The van der Waals surface area contributed by atoms with Crippen LogP contribution in [0.4, 0.5) is 0 Å². The molecule has 102 valence electrons. The van der Waals surface area contributed by atoms with Gasteiger partial charge in [0.1, 0.15) is 0 Å². The predicted molar refractivity (Wildman–Crippen MR) is 72.9 cm³/mol. The summed E-state index contributed by atoms with van der Waals surface area (Å²) in [6.07, 6.45) is 4.92. The summed E-state index contributed by atoms with van der Waals surface area (Å²) in [6, 6.07) is 4.31. The van der Waals surface area contributed by atoms with Crippen LogP contribution >= 0.6 is 0 Å². The second kappa shape index (κ2) is 8.89. The molecule has 1 heterocycles. The fourth-order valence-electron chi connectivity index (χ4n) is 1.96. The molecule has 0 aliphatic carbocycles. The zero-order chi connectivity index (χ0) is 13.2. The van der Waals surface area contributed by atoms with Gasteiger partial charge in [-0.3, -0.25) is 0 Å². The Labute approximate surface area is 110 Å². The summed E-state index contributed by atoms with van der Waals surface area (Å²) in [5.41, 5.74) is 1.13. The zero-order valence-corrected chi connectivity index (χ0v) is 11.6. The van der Waals surface area contributed by atoms with Crippen LogP contribution in [0.1, 0.15) is 37.8 Å². The van der Waals surface area contributed by atoms with E-state index in [2.05, 4.69) is 23.3 Å². The molecule has 1 unspecified atom stereocenters. The maximum atomic E-state index is 5.33. The lowest BCUT2D eigenvalue weighted by Gasteiger charge is -2.20. The summed E-state index contributed by atoms with van der Waals surface area (Å²) < 4.78 is 10.4. The molecular weight excluding hydrogens is 228 g/mol. The van der Waals surface area contributed by atoms with Crippen molar-refractivity contribution in [3.63, 3.8) is 0 Å². The minimum Gasteiger partial charge on any atom is -0.481 e. The van der Waals surface area contributed by atoms with Crippen LogP contribution < -0.4 is 10.1 Å². The number of pyridine rings is 1. The third-order valence-corrected chi connectivity index (χ3v) is 2.85. The Balaban J connectivity index is 2.72. The molecule has 0 aromatic carbocycles. The Morgan fingerprint density at radius 1 is 1.39 bits per heavy atom. The van der Waals surface area contributed by atoms with Gasteiger partial charge in [-0.2, -0.15) is 0 Å². The molecule has 1 aromatic rings. The van der Waals surface area contributed by atoms with E-state index in [0.29, 0.717) is 5.88 Å². The predicted octanol–water partition coefficient (Wildman–Crippen LogP) is 2.56. The first-order chi connectivity index (χ1) is 8.83. The summed E-state index contributed by atoms with van der Waals surface area (Å²) >= 11 is 0. The molecular formula is C14H24N2O2. The highest BCUT2D eigenvalue weighted by Crippen LogP contribution is 2.25. The van der Waals surface area contributed by atoms with Gasteiger partial charge in [0.25, 0.3) is 0 Å². The third kappa shape index (κ3) is 4.63. The normalized spacial score (nSPS) is 12.4. The average molecular weight is 252 g/mol. The minimum absolute atomic E-state index is 0.281. The van der Waals surface area contributed by atoms with E-state index in [1.807, 2.05) is 6.07 Å². The molecule has 1 atom stereocenters. The molecule has 0 aliphatic rings. The highest BCUT2D eigenvalue weighted by atomic mass is 16.5. The third-order valence-electron chi connectivity index (χ3n) is 2.85. The van der Waals surface area contributed by atoms with E-state index < -0.39 is 0 Å². The first kappa shape index (κ1) is 14.9. The molecule has 0 saturated carbocycles. The van der Waals surface area contributed by atoms with Crippen molar-refractivity contribution in [1.29, 1.82) is 0 Å². The molecule has 0 amide bonds. The van der Waals surface area contributed by atoms with Gasteiger partial charge in [0.05, 0.1) is 7.11 Å². The highest BCUT2D eigenvalue weighted by molar-refractivity contribution is 5.28. The first-order valence-corrected chi connectivity index (χ1v) is 6.54. The van der Waals surface area contributed by atoms with Crippen molar-refractivity contribution in [3.05, 3.63) is 23.9 Å². The van der Waals surface area contributed by atoms with Gasteiger partial charge in [0.2, 0.25) is 5.88 Å². The number of aromatic nitrogens is 1. The zero-order valence-electron chi connectivity index (χ0n) is 11.6. The van der Waals surface area contributed by atoms with Crippen molar-refractivity contribution >= 4 is 0 Å². The van der Waals surface area contributed by atoms with Crippen LogP contribution in [0, 0.1) is 0 Å². The standard InChI is InChI=1S/C14H24N2O2/c1-4-9-15-13(8-6-11-17-2)12-7-5-10-16-14(12)18-3/h5,7,10,13,15H,4,6,8-9,11H2,1-3H3. The quantitative estimate of drug-likeness (QED) is 0.686. The summed E-state index contributed by atoms with van der Waals surface area (Å²) in [6.45, 7) is 3.95. The van der Waals surface area contributed by atoms with Crippen molar-refractivity contribution in [2.45, 2.75) is 32.2 Å². The maximum absolute atomic E-state index is 5.33. The minimum atomic E-state index is 0.281. The Bertz CT molecular complexity index is 331. The van der Waals surface area contributed by atoms with Crippen molar-refractivity contribution in [2.24, 2.45) is 0 Å². The molecule has 1 N–H and O–H groups in total. The summed E-state index contributed by atoms with van der Waals surface area (Å²) in [7, 11) is 3.40. The molecule has 1 aromatic heterocycles. The summed E-state index contributed by atoms with van der Waals surface area (Å²) in [5.74, 6) is 0.712. The first-order valence-electron chi connectivity index (χ1n) is 6.54. The van der Waals surface area contributed by atoms with Crippen LogP contribution in [0.15, 0.2) is 18.3 Å². The smallest absolute Gasteiger partial charge is 0.217 e. The van der Waals surface area contributed by atoms with Gasteiger partial charge in [-0.15, -0.1) is 0 Å². The summed E-state index contributed by atoms with van der Waals surface area (Å²) in [4.78, 5) is 4.26. The van der Waals surface area contributed by atoms with Crippen LogP contribution in [-0.2, 0) is 4.74 Å². The van der Waals surface area contributed by atoms with E-state index in [-0.39, 0.29) is 6.04 Å². The van der Waals surface area contributed by atoms with Crippen LogP contribution in [0.3, 0.4) is 0 Å². The second-order valence-corrected chi connectivity index (χ2v) is 4.24. The van der Waals surface area contributed by atoms with Gasteiger partial charge in [-0.1, -0.05) is 13.0 Å². The largest absolute Gasteiger partial charge is 0.481 e. The van der Waals surface area contributed by atoms with Crippen LogP contribution in [0.5, 0.6) is 5.88 Å². The van der Waals surface area contributed by atoms with Crippen molar-refractivity contribution < 1.29 is 9.47 Å². The molecule has 0 aliphatic heterocycles. The Morgan fingerprint density at radius 2 is 2.22 bits per heavy atom. The molecule has 0 fully saturated rings. The molecule has 0 spiro atoms. The fourth-order valence-corrected chi connectivity index (χ4v) is 1.96. The molecule has 18 heavy (non-hydrogen) atoms. The lowest BCUT2D eigenvalue weighted by molar-refractivity contribution is 0.188. The van der Waals surface area contributed by atoms with Crippen molar-refractivity contribution in [3.8, 4) is 5.88 Å². The van der Waals surface area contributed by atoms with Crippen molar-refractivity contribution in [2.75, 3.05) is 27.4 Å².